The standard InChI is InChI=1S/C15H22N2O/c1-11-7-8-17(12(2)9-11)15(18)14-5-3-13(10-16)4-6-14/h3-6,11-12H,7-10,16H2,1-2H3. The van der Waals surface area contributed by atoms with Gasteiger partial charge < -0.3 is 10.6 Å². The lowest BCUT2D eigenvalue weighted by Gasteiger charge is -2.36. The largest absolute Gasteiger partial charge is 0.336 e. The maximum Gasteiger partial charge on any atom is 0.254 e. The molecule has 0 saturated carbocycles. The van der Waals surface area contributed by atoms with E-state index in [9.17, 15) is 4.79 Å². The Balaban J connectivity index is 2.10. The van der Waals surface area contributed by atoms with Crippen LogP contribution >= 0.6 is 0 Å². The Morgan fingerprint density at radius 2 is 2.00 bits per heavy atom. The fourth-order valence-electron chi connectivity index (χ4n) is 2.66. The van der Waals surface area contributed by atoms with Gasteiger partial charge in [-0.25, -0.2) is 0 Å². The molecule has 3 heteroatoms. The smallest absolute Gasteiger partial charge is 0.254 e. The van der Waals surface area contributed by atoms with Crippen LogP contribution in [0.3, 0.4) is 0 Å². The Bertz CT molecular complexity index is 413. The molecule has 1 fully saturated rings. The molecule has 18 heavy (non-hydrogen) atoms. The first kappa shape index (κ1) is 13.1. The first-order chi connectivity index (χ1) is 8.61. The van der Waals surface area contributed by atoms with Gasteiger partial charge in [0.05, 0.1) is 0 Å². The molecule has 1 aliphatic heterocycles. The summed E-state index contributed by atoms with van der Waals surface area (Å²) in [5, 5.41) is 0. The number of hydrogen-bond acceptors (Lipinski definition) is 2. The monoisotopic (exact) mass is 246 g/mol. The minimum Gasteiger partial charge on any atom is -0.336 e. The van der Waals surface area contributed by atoms with Crippen molar-refractivity contribution in [2.24, 2.45) is 11.7 Å². The topological polar surface area (TPSA) is 46.3 Å². The predicted molar refractivity (Wildman–Crippen MR) is 73.2 cm³/mol. The number of carbonyl (C=O) groups excluding carboxylic acids is 1. The molecule has 0 aromatic heterocycles. The molecule has 2 unspecified atom stereocenters. The summed E-state index contributed by atoms with van der Waals surface area (Å²) in [5.74, 6) is 0.877. The minimum atomic E-state index is 0.151. The summed E-state index contributed by atoms with van der Waals surface area (Å²) in [6.07, 6.45) is 2.21. The van der Waals surface area contributed by atoms with Gasteiger partial charge in [-0.05, 0) is 43.4 Å². The van der Waals surface area contributed by atoms with Gasteiger partial charge in [0.25, 0.3) is 5.91 Å². The highest BCUT2D eigenvalue weighted by molar-refractivity contribution is 5.94. The number of amides is 1. The molecule has 1 amide bonds. The molecule has 1 saturated heterocycles. The van der Waals surface area contributed by atoms with Gasteiger partial charge in [-0.3, -0.25) is 4.79 Å². The van der Waals surface area contributed by atoms with Crippen LogP contribution in [0.15, 0.2) is 24.3 Å². The first-order valence-electron chi connectivity index (χ1n) is 6.71. The van der Waals surface area contributed by atoms with Crippen molar-refractivity contribution in [3.63, 3.8) is 0 Å². The normalized spacial score (nSPS) is 24.1. The second kappa shape index (κ2) is 5.53. The number of nitrogens with zero attached hydrogens (tertiary/aromatic N) is 1. The number of carbonyl (C=O) groups is 1. The van der Waals surface area contributed by atoms with Crippen molar-refractivity contribution in [1.29, 1.82) is 0 Å². The van der Waals surface area contributed by atoms with Crippen LogP contribution in [-0.4, -0.2) is 23.4 Å². The van der Waals surface area contributed by atoms with Gasteiger partial charge in [-0.2, -0.15) is 0 Å². The van der Waals surface area contributed by atoms with E-state index >= 15 is 0 Å². The van der Waals surface area contributed by atoms with Gasteiger partial charge in [0, 0.05) is 24.7 Å². The van der Waals surface area contributed by atoms with Crippen LogP contribution < -0.4 is 5.73 Å². The maximum atomic E-state index is 12.4. The van der Waals surface area contributed by atoms with E-state index in [-0.39, 0.29) is 5.91 Å². The Kier molecular flexibility index (Phi) is 4.02. The van der Waals surface area contributed by atoms with Crippen molar-refractivity contribution in [3.8, 4) is 0 Å². The van der Waals surface area contributed by atoms with E-state index in [2.05, 4.69) is 13.8 Å². The number of benzene rings is 1. The summed E-state index contributed by atoms with van der Waals surface area (Å²) in [5.41, 5.74) is 7.39. The van der Waals surface area contributed by atoms with E-state index < -0.39 is 0 Å². The van der Waals surface area contributed by atoms with E-state index in [4.69, 9.17) is 5.73 Å². The molecule has 1 aliphatic rings. The van der Waals surface area contributed by atoms with E-state index in [1.165, 1.54) is 0 Å². The number of nitrogens with two attached hydrogens (primary N) is 1. The molecule has 1 aromatic carbocycles. The van der Waals surface area contributed by atoms with Crippen molar-refractivity contribution in [3.05, 3.63) is 35.4 Å². The lowest BCUT2D eigenvalue weighted by molar-refractivity contribution is 0.0588. The minimum absolute atomic E-state index is 0.151. The zero-order chi connectivity index (χ0) is 13.1. The first-order valence-corrected chi connectivity index (χ1v) is 6.71. The van der Waals surface area contributed by atoms with Crippen molar-refractivity contribution < 1.29 is 4.79 Å². The van der Waals surface area contributed by atoms with Crippen LogP contribution in [0.1, 0.15) is 42.6 Å². The van der Waals surface area contributed by atoms with E-state index in [1.807, 2.05) is 29.2 Å². The summed E-state index contributed by atoms with van der Waals surface area (Å²) in [7, 11) is 0. The number of hydrogen-bond donors (Lipinski definition) is 1. The predicted octanol–water partition coefficient (Wildman–Crippen LogP) is 2.41. The van der Waals surface area contributed by atoms with Crippen molar-refractivity contribution >= 4 is 5.91 Å². The Morgan fingerprint density at radius 1 is 1.33 bits per heavy atom. The second-order valence-corrected chi connectivity index (χ2v) is 5.38. The van der Waals surface area contributed by atoms with E-state index in [1.54, 1.807) is 0 Å². The van der Waals surface area contributed by atoms with Gasteiger partial charge >= 0.3 is 0 Å². The van der Waals surface area contributed by atoms with Crippen molar-refractivity contribution in [1.82, 2.24) is 4.90 Å². The summed E-state index contributed by atoms with van der Waals surface area (Å²) < 4.78 is 0. The van der Waals surface area contributed by atoms with Crippen LogP contribution in [-0.2, 0) is 6.54 Å². The van der Waals surface area contributed by atoms with Gasteiger partial charge in [-0.15, -0.1) is 0 Å². The third-order valence-electron chi connectivity index (χ3n) is 3.84. The Morgan fingerprint density at radius 3 is 2.56 bits per heavy atom. The Hall–Kier alpha value is -1.35. The molecule has 98 valence electrons. The van der Waals surface area contributed by atoms with E-state index in [0.717, 1.165) is 36.4 Å². The van der Waals surface area contributed by atoms with Gasteiger partial charge in [-0.1, -0.05) is 19.1 Å². The molecule has 1 heterocycles. The molecule has 0 radical (unpaired) electrons. The zero-order valence-corrected chi connectivity index (χ0v) is 11.2. The lowest BCUT2D eigenvalue weighted by Crippen LogP contribution is -2.44. The molecular formula is C15H22N2O. The SMILES string of the molecule is CC1CCN(C(=O)c2ccc(CN)cc2)C(C)C1. The highest BCUT2D eigenvalue weighted by Crippen LogP contribution is 2.23. The molecule has 2 atom stereocenters. The van der Waals surface area contributed by atoms with E-state index in [0.29, 0.717) is 12.6 Å². The number of likely N-dealkylation sites (tertiary alicyclic amines) is 1. The molecule has 2 N–H and O–H groups in total. The molecule has 3 nitrogen and oxygen atoms in total. The average molecular weight is 246 g/mol. The summed E-state index contributed by atoms with van der Waals surface area (Å²) in [4.78, 5) is 14.4. The Labute approximate surface area is 109 Å². The number of rotatable bonds is 2. The molecular weight excluding hydrogens is 224 g/mol. The van der Waals surface area contributed by atoms with Gasteiger partial charge in [0.15, 0.2) is 0 Å². The summed E-state index contributed by atoms with van der Waals surface area (Å²) in [6, 6.07) is 7.98. The quantitative estimate of drug-likeness (QED) is 0.871. The third-order valence-corrected chi connectivity index (χ3v) is 3.84. The van der Waals surface area contributed by atoms with Crippen LogP contribution in [0.25, 0.3) is 0 Å². The fraction of sp³-hybridized carbons (Fsp3) is 0.533. The average Bonchev–Trinajstić information content (AvgIpc) is 2.38. The lowest BCUT2D eigenvalue weighted by atomic mass is 9.93. The molecule has 0 aliphatic carbocycles. The highest BCUT2D eigenvalue weighted by atomic mass is 16.2. The van der Waals surface area contributed by atoms with Crippen LogP contribution in [0.4, 0.5) is 0 Å². The van der Waals surface area contributed by atoms with Crippen LogP contribution in [0.5, 0.6) is 0 Å². The maximum absolute atomic E-state index is 12.4. The van der Waals surface area contributed by atoms with Crippen LogP contribution in [0.2, 0.25) is 0 Å². The highest BCUT2D eigenvalue weighted by Gasteiger charge is 2.27. The van der Waals surface area contributed by atoms with Crippen LogP contribution in [0, 0.1) is 5.92 Å². The summed E-state index contributed by atoms with van der Waals surface area (Å²) in [6.45, 7) is 5.79. The third kappa shape index (κ3) is 2.72. The van der Waals surface area contributed by atoms with Crippen molar-refractivity contribution in [2.45, 2.75) is 39.3 Å². The van der Waals surface area contributed by atoms with Crippen molar-refractivity contribution in [2.75, 3.05) is 6.54 Å². The number of piperidine rings is 1. The molecule has 0 bridgehead atoms. The van der Waals surface area contributed by atoms with Gasteiger partial charge in [0.1, 0.15) is 0 Å². The molecule has 1 aromatic rings. The molecule has 0 spiro atoms. The zero-order valence-electron chi connectivity index (χ0n) is 11.2. The molecule has 2 rings (SSSR count). The fourth-order valence-corrected chi connectivity index (χ4v) is 2.66. The second-order valence-electron chi connectivity index (χ2n) is 5.38. The van der Waals surface area contributed by atoms with Gasteiger partial charge in [0.2, 0.25) is 0 Å². The summed E-state index contributed by atoms with van der Waals surface area (Å²) >= 11 is 0.